The molecule has 34 heavy (non-hydrogen) atoms. The molecule has 0 radical (unpaired) electrons. The largest absolute Gasteiger partial charge is 0.542 e. The maximum absolute atomic E-state index is 2.59. The smallest absolute Gasteiger partial charge is 0.336 e. The van der Waals surface area contributed by atoms with Crippen molar-refractivity contribution in [2.45, 2.75) is 46.6 Å². The van der Waals surface area contributed by atoms with Gasteiger partial charge in [0.25, 0.3) is 5.82 Å². The zero-order chi connectivity index (χ0) is 23.6. The first-order chi connectivity index (χ1) is 16.3. The second-order valence-electron chi connectivity index (χ2n) is 10.7. The third-order valence-electron chi connectivity index (χ3n) is 7.39. The molecule has 1 aromatic heterocycles. The molecule has 0 saturated heterocycles. The van der Waals surface area contributed by atoms with Crippen LogP contribution in [-0.4, -0.2) is 6.98 Å². The quantitative estimate of drug-likeness (QED) is 0.280. The molecule has 2 aliphatic rings. The number of para-hydroxylation sites is 2. The van der Waals surface area contributed by atoms with Crippen molar-refractivity contribution in [1.29, 1.82) is 0 Å². The van der Waals surface area contributed by atoms with Gasteiger partial charge in [0.1, 0.15) is 12.2 Å². The number of aryl methyl sites for hydroxylation is 2. The van der Waals surface area contributed by atoms with Crippen LogP contribution in [0, 0.1) is 13.8 Å². The van der Waals surface area contributed by atoms with Crippen LogP contribution in [0.1, 0.15) is 43.0 Å². The van der Waals surface area contributed by atoms with Gasteiger partial charge in [0.05, 0.1) is 11.9 Å². The minimum Gasteiger partial charge on any atom is -0.336 e. The van der Waals surface area contributed by atoms with Crippen LogP contribution in [0.2, 0.25) is 0 Å². The van der Waals surface area contributed by atoms with Crippen molar-refractivity contribution in [3.05, 3.63) is 107 Å². The second-order valence-corrected chi connectivity index (χ2v) is 10.7. The zero-order valence-electron chi connectivity index (χ0n) is 20.7. The molecule has 3 aromatic carbocycles. The van der Waals surface area contributed by atoms with Crippen LogP contribution in [-0.2, 0) is 12.0 Å². The van der Waals surface area contributed by atoms with Gasteiger partial charge in [-0.05, 0) is 60.2 Å². The highest BCUT2D eigenvalue weighted by Gasteiger charge is 2.55. The number of pyridine rings is 1. The van der Waals surface area contributed by atoms with Crippen molar-refractivity contribution in [2.24, 2.45) is 0 Å². The highest BCUT2D eigenvalue weighted by Crippen LogP contribution is 2.49. The molecule has 0 fully saturated rings. The number of nitrogens with zero attached hydrogens (tertiary/aromatic N) is 3. The molecule has 0 unspecified atom stereocenters. The van der Waals surface area contributed by atoms with E-state index in [0.717, 1.165) is 6.54 Å². The summed E-state index contributed by atoms with van der Waals surface area (Å²) >= 11 is 0. The molecule has 168 valence electrons. The van der Waals surface area contributed by atoms with Crippen LogP contribution in [0.15, 0.2) is 85.1 Å². The fourth-order valence-electron chi connectivity index (χ4n) is 5.66. The Morgan fingerprint density at radius 2 is 1.50 bits per heavy atom. The summed E-state index contributed by atoms with van der Waals surface area (Å²) in [5, 5.41) is 0. The second kappa shape index (κ2) is 7.49. The highest BCUT2D eigenvalue weighted by atomic mass is 15.4. The molecule has 0 N–H and O–H groups in total. The van der Waals surface area contributed by atoms with E-state index >= 15 is 0 Å². The lowest BCUT2D eigenvalue weighted by Crippen LogP contribution is -2.59. The van der Waals surface area contributed by atoms with Crippen molar-refractivity contribution in [2.75, 3.05) is 9.62 Å². The van der Waals surface area contributed by atoms with E-state index in [1.807, 2.05) is 0 Å². The van der Waals surface area contributed by atoms with Crippen molar-refractivity contribution in [1.82, 2.24) is 0 Å². The summed E-state index contributed by atoms with van der Waals surface area (Å²) in [6, 6.07) is 29.0. The van der Waals surface area contributed by atoms with E-state index in [1.165, 1.54) is 50.6 Å². The monoisotopic (exact) mass is 444 g/mol. The maximum atomic E-state index is 2.59. The van der Waals surface area contributed by atoms with E-state index in [2.05, 4.69) is 134 Å². The van der Waals surface area contributed by atoms with Crippen LogP contribution in [0.3, 0.4) is 0 Å². The average molecular weight is 444 g/mol. The third-order valence-corrected chi connectivity index (χ3v) is 7.39. The SMILES string of the molecule is Cc1cccc(C)c1B1N(c2ccccc2)c2cccc3c2N1c1cc(C(C)(C)C)cc[n+]1C3. The predicted octanol–water partition coefficient (Wildman–Crippen LogP) is 5.94. The summed E-state index contributed by atoms with van der Waals surface area (Å²) in [7, 11) is 0. The van der Waals surface area contributed by atoms with Crippen molar-refractivity contribution < 1.29 is 4.57 Å². The minimum absolute atomic E-state index is 0.0431. The summed E-state index contributed by atoms with van der Waals surface area (Å²) in [5.41, 5.74) is 10.7. The van der Waals surface area contributed by atoms with Crippen LogP contribution in [0.4, 0.5) is 22.9 Å². The Hall–Kier alpha value is -3.53. The first-order valence-electron chi connectivity index (χ1n) is 12.2. The number of fused-ring (bicyclic) bond motifs is 2. The summed E-state index contributed by atoms with van der Waals surface area (Å²) < 4.78 is 2.41. The fourth-order valence-corrected chi connectivity index (χ4v) is 5.66. The molecule has 3 heterocycles. The van der Waals surface area contributed by atoms with E-state index in [4.69, 9.17) is 0 Å². The predicted molar refractivity (Wildman–Crippen MR) is 143 cm³/mol. The molecule has 0 saturated carbocycles. The number of aromatic nitrogens is 1. The first-order valence-corrected chi connectivity index (χ1v) is 12.2. The Kier molecular flexibility index (Phi) is 4.64. The molecule has 0 amide bonds. The topological polar surface area (TPSA) is 10.4 Å². The maximum Gasteiger partial charge on any atom is 0.542 e. The Morgan fingerprint density at radius 3 is 2.21 bits per heavy atom. The van der Waals surface area contributed by atoms with Crippen LogP contribution < -0.4 is 19.7 Å². The Bertz CT molecular complexity index is 1380. The van der Waals surface area contributed by atoms with Gasteiger partial charge in [0.2, 0.25) is 0 Å². The summed E-state index contributed by atoms with van der Waals surface area (Å²) in [5.74, 6) is 1.26. The molecule has 2 aliphatic heterocycles. The van der Waals surface area contributed by atoms with Crippen molar-refractivity contribution in [3.63, 3.8) is 0 Å². The van der Waals surface area contributed by atoms with E-state index in [0.29, 0.717) is 0 Å². The minimum atomic E-state index is 0.0431. The zero-order valence-corrected chi connectivity index (χ0v) is 20.7. The van der Waals surface area contributed by atoms with Crippen molar-refractivity contribution in [3.8, 4) is 0 Å². The van der Waals surface area contributed by atoms with Gasteiger partial charge >= 0.3 is 6.98 Å². The lowest BCUT2D eigenvalue weighted by molar-refractivity contribution is -0.676. The van der Waals surface area contributed by atoms with Gasteiger partial charge in [-0.2, -0.15) is 0 Å². The molecule has 4 heteroatoms. The molecule has 0 spiro atoms. The van der Waals surface area contributed by atoms with Gasteiger partial charge in [-0.1, -0.05) is 69.3 Å². The van der Waals surface area contributed by atoms with Crippen LogP contribution in [0.25, 0.3) is 0 Å². The molecule has 3 nitrogen and oxygen atoms in total. The fraction of sp³-hybridized carbons (Fsp3) is 0.233. The molecule has 0 atom stereocenters. The Labute approximate surface area is 203 Å². The average Bonchev–Trinajstić information content (AvgIpc) is 3.15. The van der Waals surface area contributed by atoms with Gasteiger partial charge in [0.15, 0.2) is 0 Å². The number of anilines is 4. The first kappa shape index (κ1) is 21.0. The van der Waals surface area contributed by atoms with Gasteiger partial charge in [-0.15, -0.1) is 0 Å². The normalized spacial score (nSPS) is 14.3. The lowest BCUT2D eigenvalue weighted by atomic mass is 9.61. The number of rotatable bonds is 2. The van der Waals surface area contributed by atoms with E-state index in [9.17, 15) is 0 Å². The molecular weight excluding hydrogens is 413 g/mol. The van der Waals surface area contributed by atoms with Gasteiger partial charge in [-0.25, -0.2) is 4.57 Å². The van der Waals surface area contributed by atoms with E-state index in [-0.39, 0.29) is 12.4 Å². The van der Waals surface area contributed by atoms with E-state index in [1.54, 1.807) is 0 Å². The van der Waals surface area contributed by atoms with Gasteiger partial charge in [-0.3, -0.25) is 4.81 Å². The standard InChI is InChI=1S/C30H31BN3/c1-21-11-9-12-22(2)28(21)31-33(25-14-7-6-8-15-25)26-16-10-13-23-20-32-18-17-24(30(3,4)5)19-27(32)34(31)29(23)26/h6-19H,20H2,1-5H3/q+1. The highest BCUT2D eigenvalue weighted by molar-refractivity contribution is 6.85. The van der Waals surface area contributed by atoms with Crippen LogP contribution >= 0.6 is 0 Å². The lowest BCUT2D eigenvalue weighted by Gasteiger charge is -2.30. The third kappa shape index (κ3) is 3.08. The van der Waals surface area contributed by atoms with Crippen LogP contribution in [0.5, 0.6) is 0 Å². The summed E-state index contributed by atoms with van der Waals surface area (Å²) in [4.78, 5) is 5.12. The number of hydrogen-bond donors (Lipinski definition) is 0. The molecular formula is C30H31BN3+. The molecule has 0 aliphatic carbocycles. The molecule has 4 aromatic rings. The van der Waals surface area contributed by atoms with Crippen molar-refractivity contribution >= 4 is 35.3 Å². The Morgan fingerprint density at radius 1 is 0.794 bits per heavy atom. The summed E-state index contributed by atoms with van der Waals surface area (Å²) in [6.45, 7) is 12.3. The number of hydrogen-bond acceptors (Lipinski definition) is 2. The van der Waals surface area contributed by atoms with Gasteiger partial charge in [0, 0.05) is 22.8 Å². The molecule has 0 bridgehead atoms. The van der Waals surface area contributed by atoms with E-state index < -0.39 is 0 Å². The Balaban J connectivity index is 1.68. The number of benzene rings is 3. The van der Waals surface area contributed by atoms with Gasteiger partial charge < -0.3 is 4.81 Å². The summed E-state index contributed by atoms with van der Waals surface area (Å²) in [6.07, 6.45) is 2.28. The molecule has 6 rings (SSSR count).